The lowest BCUT2D eigenvalue weighted by Crippen LogP contribution is -2.19. The standard InChI is InChI=1S/C27H26N4O2S.C22H18N4OS.C7H8O3S.CH4O/c1-28-27(32)22-9-2-3-10-25(22)34-20-13-14-21-23(15-12-19-8-4-6-16-29-19)30-31(24(21)18-20)26-11-5-7-17-33-26;1-23-22(27)18-7-2-3-8-21(18)28-16-10-11-17-19(25-26-20(17)14-16)12-9-15-6-4-5-13-24-15;1-6-2-4-7(5-3-6)11(8,9)10;1-2/h2-4,6,8-10,12-16,18,26H,5,7,11,17H2,1H3,(H,28,32);2-14H,1H3,(H,23,27)(H,25,26);2-5H,1H3,(H,8,9,10);2H,1H3/b15-12+;12-9+;;. The van der Waals surface area contributed by atoms with E-state index >= 15 is 0 Å². The van der Waals surface area contributed by atoms with Gasteiger partial charge in [-0.1, -0.05) is 77.6 Å². The number of aromatic amines is 1. The van der Waals surface area contributed by atoms with Crippen molar-refractivity contribution in [2.45, 2.75) is 56.9 Å². The van der Waals surface area contributed by atoms with Crippen LogP contribution in [0.15, 0.2) is 182 Å². The summed E-state index contributed by atoms with van der Waals surface area (Å²) in [5.41, 5.74) is 7.78. The van der Waals surface area contributed by atoms with E-state index in [4.69, 9.17) is 19.5 Å². The molecule has 5 aromatic carbocycles. The van der Waals surface area contributed by atoms with Gasteiger partial charge in [-0.05, 0) is 148 Å². The molecule has 1 aliphatic rings. The Balaban J connectivity index is 0.000000179. The summed E-state index contributed by atoms with van der Waals surface area (Å²) in [7, 11) is 0.271. The maximum Gasteiger partial charge on any atom is 0.294 e. The third-order valence-electron chi connectivity index (χ3n) is 11.4. The SMILES string of the molecule is CNC(=O)c1ccccc1Sc1ccc2c(/C=C/c3ccccn3)n[nH]c2c1.CNC(=O)c1ccccc1Sc1ccc2c(/C=C/c3ccccn3)nn(C3CCCCO3)c2c1.CO.Cc1ccc(S(=O)(=O)O)cc1. The first kappa shape index (κ1) is 55.0. The van der Waals surface area contributed by atoms with E-state index in [9.17, 15) is 18.0 Å². The molecule has 0 saturated carbocycles. The Kier molecular flexibility index (Phi) is 19.8. The average molecular weight is 1060 g/mol. The predicted octanol–water partition coefficient (Wildman–Crippen LogP) is 11.3. The van der Waals surface area contributed by atoms with Crippen molar-refractivity contribution in [2.75, 3.05) is 27.8 Å². The quantitative estimate of drug-likeness (QED) is 0.0721. The molecule has 0 spiro atoms. The molecule has 10 rings (SSSR count). The number of ether oxygens (including phenoxy) is 1. The summed E-state index contributed by atoms with van der Waals surface area (Å²) in [5.74, 6) is -0.181. The summed E-state index contributed by atoms with van der Waals surface area (Å²) in [6.45, 7) is 2.59. The van der Waals surface area contributed by atoms with E-state index in [-0.39, 0.29) is 22.9 Å². The van der Waals surface area contributed by atoms with E-state index in [1.807, 2.05) is 139 Å². The largest absolute Gasteiger partial charge is 0.400 e. The third kappa shape index (κ3) is 15.0. The first-order chi connectivity index (χ1) is 36.5. The van der Waals surface area contributed by atoms with Crippen molar-refractivity contribution < 1.29 is 32.4 Å². The molecule has 1 fully saturated rings. The summed E-state index contributed by atoms with van der Waals surface area (Å²) in [6, 6.07) is 45.3. The summed E-state index contributed by atoms with van der Waals surface area (Å²) in [4.78, 5) is 36.9. The summed E-state index contributed by atoms with van der Waals surface area (Å²) >= 11 is 3.13. The molecular formula is C57H56N8O7S3. The Morgan fingerprint density at radius 3 is 1.76 bits per heavy atom. The molecule has 0 aliphatic carbocycles. The molecule has 5 N–H and O–H groups in total. The molecular weight excluding hydrogens is 1000 g/mol. The van der Waals surface area contributed by atoms with Crippen molar-refractivity contribution in [3.8, 4) is 0 Å². The number of hydrogen-bond acceptors (Lipinski definition) is 12. The Morgan fingerprint density at radius 2 is 1.23 bits per heavy atom. The zero-order chi connectivity index (χ0) is 53.2. The maximum atomic E-state index is 12.3. The van der Waals surface area contributed by atoms with Crippen LogP contribution in [0.4, 0.5) is 0 Å². The highest BCUT2D eigenvalue weighted by molar-refractivity contribution is 7.99. The monoisotopic (exact) mass is 1060 g/mol. The number of amides is 2. The number of pyridine rings is 2. The molecule has 15 nitrogen and oxygen atoms in total. The Bertz CT molecular complexity index is 3510. The molecule has 2 amide bonds. The molecule has 1 aliphatic heterocycles. The van der Waals surface area contributed by atoms with Gasteiger partial charge in [0, 0.05) is 70.6 Å². The highest BCUT2D eigenvalue weighted by Crippen LogP contribution is 2.36. The molecule has 75 heavy (non-hydrogen) atoms. The average Bonchev–Trinajstić information content (AvgIpc) is 4.03. The Hall–Kier alpha value is -7.71. The van der Waals surface area contributed by atoms with Gasteiger partial charge < -0.3 is 20.5 Å². The van der Waals surface area contributed by atoms with Gasteiger partial charge in [0.15, 0.2) is 6.23 Å². The van der Waals surface area contributed by atoms with E-state index in [2.05, 4.69) is 49.0 Å². The molecule has 0 bridgehead atoms. The molecule has 1 saturated heterocycles. The third-order valence-corrected chi connectivity index (χ3v) is 14.4. The van der Waals surface area contributed by atoms with Gasteiger partial charge in [0.05, 0.1) is 49.8 Å². The van der Waals surface area contributed by atoms with E-state index in [0.29, 0.717) is 11.1 Å². The fourth-order valence-electron chi connectivity index (χ4n) is 7.67. The summed E-state index contributed by atoms with van der Waals surface area (Å²) in [5, 5.41) is 26.9. The number of aromatic nitrogens is 6. The van der Waals surface area contributed by atoms with Crippen molar-refractivity contribution >= 4 is 91.6 Å². The molecule has 4 aromatic heterocycles. The minimum atomic E-state index is -4.02. The first-order valence-corrected chi connectivity index (χ1v) is 26.8. The second-order valence-corrected chi connectivity index (χ2v) is 20.1. The molecule has 384 valence electrons. The molecule has 1 unspecified atom stereocenters. The van der Waals surface area contributed by atoms with Crippen LogP contribution in [0.25, 0.3) is 46.1 Å². The number of aryl methyl sites for hydroxylation is 1. The highest BCUT2D eigenvalue weighted by atomic mass is 32.2. The van der Waals surface area contributed by atoms with Crippen molar-refractivity contribution in [3.63, 3.8) is 0 Å². The number of H-pyrrole nitrogens is 1. The van der Waals surface area contributed by atoms with Crippen molar-refractivity contribution in [2.24, 2.45) is 0 Å². The van der Waals surface area contributed by atoms with E-state index in [1.54, 1.807) is 62.1 Å². The van der Waals surface area contributed by atoms with Gasteiger partial charge in [-0.2, -0.15) is 18.6 Å². The number of nitrogens with one attached hydrogen (secondary N) is 3. The van der Waals surface area contributed by atoms with Crippen molar-refractivity contribution in [3.05, 3.63) is 197 Å². The minimum absolute atomic E-state index is 0.0666. The predicted molar refractivity (Wildman–Crippen MR) is 298 cm³/mol. The zero-order valence-electron chi connectivity index (χ0n) is 41.6. The number of aliphatic hydroxyl groups is 1. The fourth-order valence-corrected chi connectivity index (χ4v) is 10.1. The van der Waals surface area contributed by atoms with Gasteiger partial charge in [0.2, 0.25) is 0 Å². The molecule has 5 heterocycles. The molecule has 1 atom stereocenters. The highest BCUT2D eigenvalue weighted by Gasteiger charge is 2.22. The maximum absolute atomic E-state index is 12.3. The van der Waals surface area contributed by atoms with Crippen LogP contribution in [0, 0.1) is 6.92 Å². The Morgan fingerprint density at radius 1 is 0.680 bits per heavy atom. The smallest absolute Gasteiger partial charge is 0.294 e. The lowest BCUT2D eigenvalue weighted by molar-refractivity contribution is -0.0367. The number of nitrogens with zero attached hydrogens (tertiary/aromatic N) is 5. The number of rotatable bonds is 12. The molecule has 18 heteroatoms. The first-order valence-electron chi connectivity index (χ1n) is 23.7. The number of carbonyl (C=O) groups is 2. The minimum Gasteiger partial charge on any atom is -0.400 e. The van der Waals surface area contributed by atoms with Crippen molar-refractivity contribution in [1.29, 1.82) is 0 Å². The number of benzene rings is 5. The number of carbonyl (C=O) groups excluding carboxylic acids is 2. The molecule has 0 radical (unpaired) electrons. The second kappa shape index (κ2) is 27.0. The van der Waals surface area contributed by atoms with Crippen LogP contribution in [0.1, 0.15) is 74.5 Å². The number of hydrogen-bond donors (Lipinski definition) is 5. The number of fused-ring (bicyclic) bond motifs is 2. The topological polar surface area (TPSA) is 214 Å². The lowest BCUT2D eigenvalue weighted by atomic mass is 10.1. The summed E-state index contributed by atoms with van der Waals surface area (Å²) < 4.78 is 37.6. The summed E-state index contributed by atoms with van der Waals surface area (Å²) in [6.07, 6.45) is 14.5. The van der Waals surface area contributed by atoms with Crippen molar-refractivity contribution in [1.82, 2.24) is 40.6 Å². The van der Waals surface area contributed by atoms with Gasteiger partial charge in [-0.15, -0.1) is 0 Å². The van der Waals surface area contributed by atoms with Crippen LogP contribution in [-0.4, -0.2) is 87.6 Å². The van der Waals surface area contributed by atoms with Crippen LogP contribution >= 0.6 is 23.5 Å². The van der Waals surface area contributed by atoms with E-state index in [0.717, 1.165) is 103 Å². The second-order valence-electron chi connectivity index (χ2n) is 16.5. The van der Waals surface area contributed by atoms with Gasteiger partial charge in [-0.25, -0.2) is 4.68 Å². The number of aliphatic hydroxyl groups excluding tert-OH is 1. The van der Waals surface area contributed by atoms with Gasteiger partial charge in [0.25, 0.3) is 21.9 Å². The van der Waals surface area contributed by atoms with Crippen LogP contribution < -0.4 is 10.6 Å². The van der Waals surface area contributed by atoms with Gasteiger partial charge in [-0.3, -0.25) is 29.2 Å². The molecule has 9 aromatic rings. The fraction of sp³-hybridized carbons (Fsp3) is 0.158. The van der Waals surface area contributed by atoms with Crippen LogP contribution in [-0.2, 0) is 14.9 Å². The van der Waals surface area contributed by atoms with E-state index < -0.39 is 10.1 Å². The van der Waals surface area contributed by atoms with Gasteiger partial charge >= 0.3 is 0 Å². The lowest BCUT2D eigenvalue weighted by Gasteiger charge is -2.23. The Labute approximate surface area is 444 Å². The van der Waals surface area contributed by atoms with Crippen LogP contribution in [0.5, 0.6) is 0 Å². The van der Waals surface area contributed by atoms with E-state index in [1.165, 1.54) is 12.1 Å². The zero-order valence-corrected chi connectivity index (χ0v) is 44.1. The van der Waals surface area contributed by atoms with Crippen LogP contribution in [0.2, 0.25) is 0 Å². The normalized spacial score (nSPS) is 13.3. The van der Waals surface area contributed by atoms with Crippen LogP contribution in [0.3, 0.4) is 0 Å². The van der Waals surface area contributed by atoms with Gasteiger partial charge in [0.1, 0.15) is 0 Å².